The van der Waals surface area contributed by atoms with E-state index < -0.39 is 15.9 Å². The van der Waals surface area contributed by atoms with Gasteiger partial charge < -0.3 is 10.1 Å². The molecular weight excluding hydrogens is 354 g/mol. The van der Waals surface area contributed by atoms with Crippen molar-refractivity contribution in [3.63, 3.8) is 0 Å². The Bertz CT molecular complexity index is 1000. The molecule has 3 N–H and O–H groups in total. The Balaban J connectivity index is 2.21. The number of nitriles is 1. The van der Waals surface area contributed by atoms with Crippen molar-refractivity contribution in [2.24, 2.45) is 5.14 Å². The zero-order valence-electron chi connectivity index (χ0n) is 14.2. The average molecular weight is 371 g/mol. The number of ether oxygens (including phenoxy) is 1. The summed E-state index contributed by atoms with van der Waals surface area (Å²) in [4.78, 5) is 12.2. The van der Waals surface area contributed by atoms with E-state index in [1.165, 1.54) is 30.3 Å². The van der Waals surface area contributed by atoms with Gasteiger partial charge in [0.25, 0.3) is 5.91 Å². The second kappa shape index (κ2) is 7.82. The number of sulfonamides is 1. The number of nitrogens with one attached hydrogen (secondary N) is 1. The molecule has 1 amide bonds. The number of methoxy groups -OCH3 is 1. The molecule has 0 bridgehead atoms. The van der Waals surface area contributed by atoms with Crippen molar-refractivity contribution in [3.05, 3.63) is 59.2 Å². The van der Waals surface area contributed by atoms with Crippen molar-refractivity contribution in [1.29, 1.82) is 5.26 Å². The zero-order chi connectivity index (χ0) is 19.3. The number of nitrogens with two attached hydrogens (primary N) is 1. The first-order valence-electron chi connectivity index (χ1n) is 7.45. The summed E-state index contributed by atoms with van der Waals surface area (Å²) in [5.41, 5.74) is 1.80. The van der Waals surface area contributed by atoms with E-state index in [1.54, 1.807) is 25.3 Å². The molecule has 0 saturated carbocycles. The fourth-order valence-electron chi connectivity index (χ4n) is 2.23. The fraction of sp³-hybridized carbons (Fsp3) is 0.111. The van der Waals surface area contributed by atoms with E-state index in [0.717, 1.165) is 5.56 Å². The van der Waals surface area contributed by atoms with Crippen molar-refractivity contribution in [3.8, 4) is 11.8 Å². The Hall–Kier alpha value is -3.15. The lowest BCUT2D eigenvalue weighted by atomic mass is 10.1. The Morgan fingerprint density at radius 2 is 1.88 bits per heavy atom. The lowest BCUT2D eigenvalue weighted by Crippen LogP contribution is -2.14. The van der Waals surface area contributed by atoms with E-state index in [4.69, 9.17) is 9.88 Å². The molecule has 0 saturated heterocycles. The minimum absolute atomic E-state index is 0.0692. The number of primary sulfonamides is 1. The maximum absolute atomic E-state index is 12.3. The van der Waals surface area contributed by atoms with E-state index in [0.29, 0.717) is 17.0 Å². The molecule has 2 rings (SSSR count). The van der Waals surface area contributed by atoms with Crippen molar-refractivity contribution in [2.75, 3.05) is 12.4 Å². The van der Waals surface area contributed by atoms with Gasteiger partial charge in [0.05, 0.1) is 12.0 Å². The number of aryl methyl sites for hydroxylation is 1. The van der Waals surface area contributed by atoms with Gasteiger partial charge in [-0.2, -0.15) is 5.26 Å². The topological polar surface area (TPSA) is 122 Å². The Labute approximate surface area is 151 Å². The van der Waals surface area contributed by atoms with E-state index in [1.807, 2.05) is 13.0 Å². The van der Waals surface area contributed by atoms with E-state index in [-0.39, 0.29) is 10.5 Å². The summed E-state index contributed by atoms with van der Waals surface area (Å²) >= 11 is 0. The summed E-state index contributed by atoms with van der Waals surface area (Å²) in [6.45, 7) is 1.86. The standard InChI is InChI=1S/C18H17N3O4S/c1-12-9-13(3-8-17(12)25-2)10-14(11-19)18(22)21-15-4-6-16(7-5-15)26(20,23)24/h3-10H,1-2H3,(H,21,22)(H2,20,23,24)/b14-10+. The summed E-state index contributed by atoms with van der Waals surface area (Å²) in [5.74, 6) is 0.101. The number of nitrogens with zero attached hydrogens (tertiary/aromatic N) is 1. The van der Waals surface area contributed by atoms with E-state index in [9.17, 15) is 18.5 Å². The maximum Gasteiger partial charge on any atom is 0.266 e. The third-order valence-corrected chi connectivity index (χ3v) is 4.46. The van der Waals surface area contributed by atoms with Crippen LogP contribution in [0.5, 0.6) is 5.75 Å². The highest BCUT2D eigenvalue weighted by Crippen LogP contribution is 2.20. The molecule has 0 fully saturated rings. The molecule has 0 radical (unpaired) electrons. The van der Waals surface area contributed by atoms with Gasteiger partial charge in [-0.1, -0.05) is 6.07 Å². The first-order valence-corrected chi connectivity index (χ1v) is 9.00. The molecule has 0 unspecified atom stereocenters. The number of anilines is 1. The summed E-state index contributed by atoms with van der Waals surface area (Å²) in [7, 11) is -2.24. The highest BCUT2D eigenvalue weighted by atomic mass is 32.2. The van der Waals surface area contributed by atoms with Crippen LogP contribution in [0.3, 0.4) is 0 Å². The molecule has 2 aromatic rings. The van der Waals surface area contributed by atoms with Crippen LogP contribution >= 0.6 is 0 Å². The molecule has 0 atom stereocenters. The molecule has 8 heteroatoms. The van der Waals surface area contributed by atoms with Crippen LogP contribution < -0.4 is 15.2 Å². The summed E-state index contributed by atoms with van der Waals surface area (Å²) < 4.78 is 27.6. The third kappa shape index (κ3) is 4.69. The average Bonchev–Trinajstić information content (AvgIpc) is 2.59. The van der Waals surface area contributed by atoms with Crippen LogP contribution in [-0.4, -0.2) is 21.4 Å². The number of hydrogen-bond acceptors (Lipinski definition) is 5. The van der Waals surface area contributed by atoms with Gasteiger partial charge in [-0.25, -0.2) is 13.6 Å². The van der Waals surface area contributed by atoms with Crippen molar-refractivity contribution < 1.29 is 17.9 Å². The summed E-state index contributed by atoms with van der Waals surface area (Å²) in [6.07, 6.45) is 1.46. The monoisotopic (exact) mass is 371 g/mol. The Kier molecular flexibility index (Phi) is 5.77. The molecule has 7 nitrogen and oxygen atoms in total. The minimum Gasteiger partial charge on any atom is -0.496 e. The third-order valence-electron chi connectivity index (χ3n) is 3.54. The highest BCUT2D eigenvalue weighted by Gasteiger charge is 2.12. The largest absolute Gasteiger partial charge is 0.496 e. The second-order valence-corrected chi connectivity index (χ2v) is 6.98. The first kappa shape index (κ1) is 19.2. The van der Waals surface area contributed by atoms with Crippen LogP contribution in [0, 0.1) is 18.3 Å². The molecule has 0 spiro atoms. The SMILES string of the molecule is COc1ccc(/C=C(\C#N)C(=O)Nc2ccc(S(N)(=O)=O)cc2)cc1C. The Morgan fingerprint density at radius 1 is 1.23 bits per heavy atom. The number of benzene rings is 2. The van der Waals surface area contributed by atoms with Crippen molar-refractivity contribution >= 4 is 27.7 Å². The van der Waals surface area contributed by atoms with Gasteiger partial charge in [-0.15, -0.1) is 0 Å². The molecule has 134 valence electrons. The minimum atomic E-state index is -3.81. The summed E-state index contributed by atoms with van der Waals surface area (Å²) in [6, 6.07) is 12.5. The van der Waals surface area contributed by atoms with Crippen molar-refractivity contribution in [1.82, 2.24) is 0 Å². The molecule has 26 heavy (non-hydrogen) atoms. The predicted octanol–water partition coefficient (Wildman–Crippen LogP) is 2.20. The van der Waals surface area contributed by atoms with Gasteiger partial charge >= 0.3 is 0 Å². The number of rotatable bonds is 5. The van der Waals surface area contributed by atoms with Gasteiger partial charge in [0.1, 0.15) is 17.4 Å². The summed E-state index contributed by atoms with van der Waals surface area (Å²) in [5, 5.41) is 16.8. The zero-order valence-corrected chi connectivity index (χ0v) is 15.0. The lowest BCUT2D eigenvalue weighted by Gasteiger charge is -2.07. The van der Waals surface area contributed by atoms with Crippen LogP contribution in [0.15, 0.2) is 52.9 Å². The van der Waals surface area contributed by atoms with Crippen LogP contribution in [0.4, 0.5) is 5.69 Å². The van der Waals surface area contributed by atoms with Gasteiger partial charge in [0.15, 0.2) is 0 Å². The van der Waals surface area contributed by atoms with E-state index >= 15 is 0 Å². The first-order chi connectivity index (χ1) is 12.2. The molecular formula is C18H17N3O4S. The molecule has 0 aliphatic rings. The smallest absolute Gasteiger partial charge is 0.266 e. The molecule has 0 heterocycles. The number of hydrogen-bond donors (Lipinski definition) is 2. The maximum atomic E-state index is 12.3. The lowest BCUT2D eigenvalue weighted by molar-refractivity contribution is -0.112. The quantitative estimate of drug-likeness (QED) is 0.616. The Morgan fingerprint density at radius 3 is 2.38 bits per heavy atom. The number of carbonyl (C=O) groups is 1. The number of carbonyl (C=O) groups excluding carboxylic acids is 1. The van der Waals surface area contributed by atoms with Crippen LogP contribution in [0.1, 0.15) is 11.1 Å². The molecule has 0 aliphatic heterocycles. The van der Waals surface area contributed by atoms with Crippen LogP contribution in [-0.2, 0) is 14.8 Å². The van der Waals surface area contributed by atoms with Gasteiger partial charge in [-0.3, -0.25) is 4.79 Å². The highest BCUT2D eigenvalue weighted by molar-refractivity contribution is 7.89. The van der Waals surface area contributed by atoms with E-state index in [2.05, 4.69) is 5.32 Å². The normalized spacial score (nSPS) is 11.5. The predicted molar refractivity (Wildman–Crippen MR) is 97.8 cm³/mol. The van der Waals surface area contributed by atoms with Gasteiger partial charge in [-0.05, 0) is 60.5 Å². The number of amides is 1. The molecule has 2 aromatic carbocycles. The van der Waals surface area contributed by atoms with Gasteiger partial charge in [0, 0.05) is 5.69 Å². The second-order valence-electron chi connectivity index (χ2n) is 5.42. The van der Waals surface area contributed by atoms with Crippen molar-refractivity contribution in [2.45, 2.75) is 11.8 Å². The molecule has 0 aromatic heterocycles. The van der Waals surface area contributed by atoms with Gasteiger partial charge in [0.2, 0.25) is 10.0 Å². The fourth-order valence-corrected chi connectivity index (χ4v) is 2.75. The molecule has 0 aliphatic carbocycles. The van der Waals surface area contributed by atoms with Crippen LogP contribution in [0.25, 0.3) is 6.08 Å². The van der Waals surface area contributed by atoms with Crippen LogP contribution in [0.2, 0.25) is 0 Å².